The Balaban J connectivity index is 1.74. The fraction of sp³-hybridized carbons (Fsp3) is 0.222. The first-order valence-electron chi connectivity index (χ1n) is 6.93. The second-order valence-corrected chi connectivity index (χ2v) is 4.95. The minimum atomic E-state index is -0.180. The van der Waals surface area contributed by atoms with Gasteiger partial charge in [0.25, 0.3) is 0 Å². The summed E-state index contributed by atoms with van der Waals surface area (Å²) in [7, 11) is 0. The van der Waals surface area contributed by atoms with Crippen molar-refractivity contribution in [1.82, 2.24) is 5.32 Å². The van der Waals surface area contributed by atoms with E-state index in [1.807, 2.05) is 30.3 Å². The molecule has 0 aliphatic heterocycles. The molecule has 0 saturated heterocycles. The van der Waals surface area contributed by atoms with Gasteiger partial charge in [-0.05, 0) is 36.6 Å². The van der Waals surface area contributed by atoms with Crippen LogP contribution in [0.3, 0.4) is 0 Å². The number of halogens is 1. The Morgan fingerprint density at radius 1 is 1.05 bits per heavy atom. The van der Waals surface area contributed by atoms with E-state index in [1.165, 1.54) is 17.7 Å². The van der Waals surface area contributed by atoms with Gasteiger partial charge in [0.2, 0.25) is 0 Å². The third kappa shape index (κ3) is 4.98. The predicted molar refractivity (Wildman–Crippen MR) is 83.0 cm³/mol. The molecule has 1 unspecified atom stereocenters. The van der Waals surface area contributed by atoms with Crippen molar-refractivity contribution in [2.75, 3.05) is 6.54 Å². The number of hydrogen-bond donors (Lipinski definition) is 1. The van der Waals surface area contributed by atoms with Crippen molar-refractivity contribution in [3.05, 3.63) is 77.6 Å². The Hall–Kier alpha value is -1.93. The predicted octanol–water partition coefficient (Wildman–Crippen LogP) is 4.06. The van der Waals surface area contributed by atoms with Crippen molar-refractivity contribution in [1.29, 1.82) is 0 Å². The third-order valence-electron chi connectivity index (χ3n) is 3.15. The fourth-order valence-electron chi connectivity index (χ4n) is 2.07. The molecule has 0 aromatic heterocycles. The third-order valence-corrected chi connectivity index (χ3v) is 3.15. The summed E-state index contributed by atoms with van der Waals surface area (Å²) >= 11 is 0. The van der Waals surface area contributed by atoms with E-state index in [2.05, 4.69) is 36.5 Å². The van der Waals surface area contributed by atoms with Crippen molar-refractivity contribution in [2.45, 2.75) is 19.4 Å². The molecule has 1 nitrogen and oxygen atoms in total. The van der Waals surface area contributed by atoms with Gasteiger partial charge in [-0.2, -0.15) is 0 Å². The van der Waals surface area contributed by atoms with Gasteiger partial charge in [-0.1, -0.05) is 54.6 Å². The SMILES string of the molecule is CC(Cc1ccc(F)cc1)NCC=Cc1ccccc1. The summed E-state index contributed by atoms with van der Waals surface area (Å²) in [6, 6.07) is 17.3. The van der Waals surface area contributed by atoms with Gasteiger partial charge >= 0.3 is 0 Å². The van der Waals surface area contributed by atoms with E-state index in [0.717, 1.165) is 18.5 Å². The highest BCUT2D eigenvalue weighted by molar-refractivity contribution is 5.48. The highest BCUT2D eigenvalue weighted by atomic mass is 19.1. The summed E-state index contributed by atoms with van der Waals surface area (Å²) in [5.74, 6) is -0.180. The van der Waals surface area contributed by atoms with Crippen molar-refractivity contribution >= 4 is 6.08 Å². The van der Waals surface area contributed by atoms with Crippen molar-refractivity contribution in [3.63, 3.8) is 0 Å². The first-order chi connectivity index (χ1) is 9.74. The highest BCUT2D eigenvalue weighted by Crippen LogP contribution is 2.06. The van der Waals surface area contributed by atoms with E-state index in [0.29, 0.717) is 6.04 Å². The van der Waals surface area contributed by atoms with Gasteiger partial charge in [-0.15, -0.1) is 0 Å². The van der Waals surface area contributed by atoms with Crippen LogP contribution in [0.25, 0.3) is 6.08 Å². The standard InChI is InChI=1S/C18H20FN/c1-15(14-17-9-11-18(19)12-10-17)20-13-5-8-16-6-3-2-4-7-16/h2-12,15,20H,13-14H2,1H3. The zero-order valence-electron chi connectivity index (χ0n) is 11.7. The summed E-state index contributed by atoms with van der Waals surface area (Å²) in [6.45, 7) is 2.97. The molecule has 2 aromatic rings. The van der Waals surface area contributed by atoms with E-state index in [9.17, 15) is 4.39 Å². The highest BCUT2D eigenvalue weighted by Gasteiger charge is 2.01. The normalized spacial score (nSPS) is 12.7. The molecule has 20 heavy (non-hydrogen) atoms. The molecule has 2 aromatic carbocycles. The molecular weight excluding hydrogens is 249 g/mol. The average molecular weight is 269 g/mol. The lowest BCUT2D eigenvalue weighted by Crippen LogP contribution is -2.28. The van der Waals surface area contributed by atoms with E-state index in [-0.39, 0.29) is 5.82 Å². The first-order valence-corrected chi connectivity index (χ1v) is 6.93. The van der Waals surface area contributed by atoms with Gasteiger partial charge in [0.15, 0.2) is 0 Å². The van der Waals surface area contributed by atoms with Gasteiger partial charge in [0.1, 0.15) is 5.82 Å². The Labute approximate surface area is 120 Å². The van der Waals surface area contributed by atoms with Crippen molar-refractivity contribution < 1.29 is 4.39 Å². The zero-order chi connectivity index (χ0) is 14.2. The maximum absolute atomic E-state index is 12.8. The van der Waals surface area contributed by atoms with Crippen LogP contribution in [-0.2, 0) is 6.42 Å². The number of hydrogen-bond acceptors (Lipinski definition) is 1. The molecule has 2 heteroatoms. The molecule has 0 spiro atoms. The van der Waals surface area contributed by atoms with Gasteiger partial charge in [0.05, 0.1) is 0 Å². The maximum atomic E-state index is 12.8. The molecule has 0 heterocycles. The molecule has 0 bridgehead atoms. The monoisotopic (exact) mass is 269 g/mol. The Morgan fingerprint density at radius 2 is 1.75 bits per heavy atom. The summed E-state index contributed by atoms with van der Waals surface area (Å²) in [5.41, 5.74) is 2.36. The molecule has 0 aliphatic rings. The average Bonchev–Trinajstić information content (AvgIpc) is 2.47. The van der Waals surface area contributed by atoms with Gasteiger partial charge in [-0.3, -0.25) is 0 Å². The van der Waals surface area contributed by atoms with Crippen LogP contribution in [0.4, 0.5) is 4.39 Å². The van der Waals surface area contributed by atoms with Crippen LogP contribution in [0.2, 0.25) is 0 Å². The van der Waals surface area contributed by atoms with Crippen LogP contribution in [0.5, 0.6) is 0 Å². The molecule has 0 radical (unpaired) electrons. The zero-order valence-corrected chi connectivity index (χ0v) is 11.7. The lowest BCUT2D eigenvalue weighted by atomic mass is 10.1. The molecular formula is C18H20FN. The molecule has 2 rings (SSSR count). The van der Waals surface area contributed by atoms with E-state index < -0.39 is 0 Å². The maximum Gasteiger partial charge on any atom is 0.123 e. The lowest BCUT2D eigenvalue weighted by Gasteiger charge is -2.12. The first kappa shape index (κ1) is 14.5. The molecule has 1 N–H and O–H groups in total. The minimum absolute atomic E-state index is 0.180. The van der Waals surface area contributed by atoms with E-state index in [1.54, 1.807) is 0 Å². The quantitative estimate of drug-likeness (QED) is 0.834. The molecule has 1 atom stereocenters. The van der Waals surface area contributed by atoms with Gasteiger partial charge in [-0.25, -0.2) is 4.39 Å². The number of rotatable bonds is 6. The molecule has 0 saturated carbocycles. The topological polar surface area (TPSA) is 12.0 Å². The summed E-state index contributed by atoms with van der Waals surface area (Å²) in [6.07, 6.45) is 5.13. The lowest BCUT2D eigenvalue weighted by molar-refractivity contribution is 0.579. The summed E-state index contributed by atoms with van der Waals surface area (Å²) in [4.78, 5) is 0. The van der Waals surface area contributed by atoms with Crippen LogP contribution in [0, 0.1) is 5.82 Å². The smallest absolute Gasteiger partial charge is 0.123 e. The van der Waals surface area contributed by atoms with Crippen LogP contribution >= 0.6 is 0 Å². The van der Waals surface area contributed by atoms with Crippen molar-refractivity contribution in [2.24, 2.45) is 0 Å². The number of benzene rings is 2. The minimum Gasteiger partial charge on any atom is -0.310 e. The second kappa shape index (κ2) is 7.61. The molecule has 0 amide bonds. The molecule has 0 aliphatic carbocycles. The van der Waals surface area contributed by atoms with Gasteiger partial charge < -0.3 is 5.32 Å². The Kier molecular flexibility index (Phi) is 5.51. The van der Waals surface area contributed by atoms with E-state index >= 15 is 0 Å². The largest absolute Gasteiger partial charge is 0.310 e. The second-order valence-electron chi connectivity index (χ2n) is 4.95. The Morgan fingerprint density at radius 3 is 2.45 bits per heavy atom. The van der Waals surface area contributed by atoms with Crippen molar-refractivity contribution in [3.8, 4) is 0 Å². The van der Waals surface area contributed by atoms with Crippen LogP contribution in [-0.4, -0.2) is 12.6 Å². The van der Waals surface area contributed by atoms with Crippen LogP contribution in [0.1, 0.15) is 18.1 Å². The van der Waals surface area contributed by atoms with E-state index in [4.69, 9.17) is 0 Å². The molecule has 104 valence electrons. The van der Waals surface area contributed by atoms with Crippen LogP contribution < -0.4 is 5.32 Å². The molecule has 0 fully saturated rings. The number of nitrogens with one attached hydrogen (secondary N) is 1. The summed E-state index contributed by atoms with van der Waals surface area (Å²) in [5, 5.41) is 3.44. The fourth-order valence-corrected chi connectivity index (χ4v) is 2.07. The van der Waals surface area contributed by atoms with Gasteiger partial charge in [0, 0.05) is 12.6 Å². The van der Waals surface area contributed by atoms with Crippen LogP contribution in [0.15, 0.2) is 60.7 Å². The Bertz CT molecular complexity index is 531. The summed E-state index contributed by atoms with van der Waals surface area (Å²) < 4.78 is 12.8.